The second-order valence-electron chi connectivity index (χ2n) is 5.34. The Kier molecular flexibility index (Phi) is 6.77. The number of benzene rings is 1. The Bertz CT molecular complexity index is 582. The number of halogens is 2. The van der Waals surface area contributed by atoms with Crippen LogP contribution in [0.4, 0.5) is 4.39 Å². The van der Waals surface area contributed by atoms with E-state index in [0.29, 0.717) is 18.4 Å². The number of hydrogen-bond donors (Lipinski definition) is 1. The molecule has 1 saturated heterocycles. The van der Waals surface area contributed by atoms with Crippen molar-refractivity contribution >= 4 is 12.4 Å². The Balaban J connectivity index is 0.00000192. The summed E-state index contributed by atoms with van der Waals surface area (Å²) in [6, 6.07) is 10.5. The third kappa shape index (κ3) is 4.89. The van der Waals surface area contributed by atoms with Crippen LogP contribution in [0, 0.1) is 5.82 Å². The Labute approximate surface area is 142 Å². The standard InChI is InChI=1S/C17H20FN3O.ClH/c18-15-3-5-16(6-4-15)22-11-10-21-9-8-20-13-17(21)14-2-1-7-19-12-14;/h1-7,12,17,20H,8-11,13H2;1H. The lowest BCUT2D eigenvalue weighted by Gasteiger charge is -2.36. The molecule has 1 fully saturated rings. The number of nitrogens with zero attached hydrogens (tertiary/aromatic N) is 2. The molecule has 0 radical (unpaired) electrons. The molecule has 2 heterocycles. The van der Waals surface area contributed by atoms with Gasteiger partial charge in [-0.1, -0.05) is 6.07 Å². The molecule has 3 rings (SSSR count). The SMILES string of the molecule is Cl.Fc1ccc(OCCN2CCNCC2c2cccnc2)cc1. The number of piperazine rings is 1. The molecule has 6 heteroatoms. The largest absolute Gasteiger partial charge is 0.492 e. The zero-order valence-corrected chi connectivity index (χ0v) is 13.6. The van der Waals surface area contributed by atoms with Crippen molar-refractivity contribution in [1.29, 1.82) is 0 Å². The predicted molar refractivity (Wildman–Crippen MR) is 90.6 cm³/mol. The summed E-state index contributed by atoms with van der Waals surface area (Å²) in [6.45, 7) is 4.29. The van der Waals surface area contributed by atoms with E-state index in [0.717, 1.165) is 26.2 Å². The van der Waals surface area contributed by atoms with Crippen LogP contribution in [-0.2, 0) is 0 Å². The smallest absolute Gasteiger partial charge is 0.123 e. The van der Waals surface area contributed by atoms with E-state index in [-0.39, 0.29) is 18.2 Å². The molecule has 0 aliphatic carbocycles. The van der Waals surface area contributed by atoms with Crippen molar-refractivity contribution in [3.8, 4) is 5.75 Å². The average molecular weight is 338 g/mol. The number of nitrogens with one attached hydrogen (secondary N) is 1. The lowest BCUT2D eigenvalue weighted by atomic mass is 10.1. The van der Waals surface area contributed by atoms with Crippen LogP contribution in [0.2, 0.25) is 0 Å². The molecule has 1 N–H and O–H groups in total. The van der Waals surface area contributed by atoms with E-state index < -0.39 is 0 Å². The fourth-order valence-electron chi connectivity index (χ4n) is 2.73. The van der Waals surface area contributed by atoms with E-state index in [9.17, 15) is 4.39 Å². The Hall–Kier alpha value is -1.69. The van der Waals surface area contributed by atoms with Gasteiger partial charge in [-0.25, -0.2) is 4.39 Å². The Morgan fingerprint density at radius 3 is 2.83 bits per heavy atom. The number of hydrogen-bond acceptors (Lipinski definition) is 4. The first-order valence-electron chi connectivity index (χ1n) is 7.56. The van der Waals surface area contributed by atoms with Crippen molar-refractivity contribution in [1.82, 2.24) is 15.2 Å². The lowest BCUT2D eigenvalue weighted by molar-refractivity contribution is 0.134. The van der Waals surface area contributed by atoms with Crippen molar-refractivity contribution < 1.29 is 9.13 Å². The van der Waals surface area contributed by atoms with E-state index in [2.05, 4.69) is 21.3 Å². The van der Waals surface area contributed by atoms with E-state index in [4.69, 9.17) is 4.74 Å². The second kappa shape index (κ2) is 8.82. The first kappa shape index (κ1) is 17.7. The summed E-state index contributed by atoms with van der Waals surface area (Å²) >= 11 is 0. The highest BCUT2D eigenvalue weighted by molar-refractivity contribution is 5.85. The lowest BCUT2D eigenvalue weighted by Crippen LogP contribution is -2.47. The van der Waals surface area contributed by atoms with Gasteiger partial charge in [-0.05, 0) is 35.9 Å². The maximum atomic E-state index is 12.9. The maximum absolute atomic E-state index is 12.9. The van der Waals surface area contributed by atoms with Crippen LogP contribution in [0.25, 0.3) is 0 Å². The van der Waals surface area contributed by atoms with Gasteiger partial charge in [-0.15, -0.1) is 12.4 Å². The summed E-state index contributed by atoms with van der Waals surface area (Å²) in [7, 11) is 0. The third-order valence-electron chi connectivity index (χ3n) is 3.88. The van der Waals surface area contributed by atoms with Gasteiger partial charge in [0.15, 0.2) is 0 Å². The molecular weight excluding hydrogens is 317 g/mol. The minimum atomic E-state index is -0.244. The molecule has 1 aliphatic heterocycles. The van der Waals surface area contributed by atoms with Gasteiger partial charge in [-0.2, -0.15) is 0 Å². The third-order valence-corrected chi connectivity index (χ3v) is 3.88. The maximum Gasteiger partial charge on any atom is 0.123 e. The molecular formula is C17H21ClFN3O. The average Bonchev–Trinajstić information content (AvgIpc) is 2.58. The molecule has 1 aliphatic rings. The fraction of sp³-hybridized carbons (Fsp3) is 0.353. The minimum absolute atomic E-state index is 0. The van der Waals surface area contributed by atoms with E-state index in [1.165, 1.54) is 17.7 Å². The van der Waals surface area contributed by atoms with Crippen molar-refractivity contribution in [3.05, 3.63) is 60.2 Å². The van der Waals surface area contributed by atoms with Crippen LogP contribution in [0.15, 0.2) is 48.8 Å². The van der Waals surface area contributed by atoms with Crippen molar-refractivity contribution in [2.45, 2.75) is 6.04 Å². The molecule has 4 nitrogen and oxygen atoms in total. The zero-order chi connectivity index (χ0) is 15.2. The van der Waals surface area contributed by atoms with Gasteiger partial charge < -0.3 is 10.1 Å². The molecule has 23 heavy (non-hydrogen) atoms. The van der Waals surface area contributed by atoms with Gasteiger partial charge in [-0.3, -0.25) is 9.88 Å². The number of pyridine rings is 1. The van der Waals surface area contributed by atoms with E-state index in [1.54, 1.807) is 18.3 Å². The fourth-order valence-corrected chi connectivity index (χ4v) is 2.73. The van der Waals surface area contributed by atoms with Crippen molar-refractivity contribution in [2.24, 2.45) is 0 Å². The molecule has 0 bridgehead atoms. The normalized spacial score (nSPS) is 18.2. The van der Waals surface area contributed by atoms with Crippen molar-refractivity contribution in [3.63, 3.8) is 0 Å². The molecule has 1 unspecified atom stereocenters. The van der Waals surface area contributed by atoms with E-state index in [1.807, 2.05) is 12.3 Å². The summed E-state index contributed by atoms with van der Waals surface area (Å²) < 4.78 is 18.6. The minimum Gasteiger partial charge on any atom is -0.492 e. The van der Waals surface area contributed by atoms with Crippen LogP contribution >= 0.6 is 12.4 Å². The number of ether oxygens (including phenoxy) is 1. The van der Waals surface area contributed by atoms with Gasteiger partial charge in [0.05, 0.1) is 0 Å². The topological polar surface area (TPSA) is 37.4 Å². The summed E-state index contributed by atoms with van der Waals surface area (Å²) in [5.74, 6) is 0.459. The number of aromatic nitrogens is 1. The number of rotatable bonds is 5. The molecule has 0 spiro atoms. The molecule has 1 aromatic heterocycles. The highest BCUT2D eigenvalue weighted by Gasteiger charge is 2.23. The van der Waals surface area contributed by atoms with Gasteiger partial charge in [0.1, 0.15) is 18.2 Å². The second-order valence-corrected chi connectivity index (χ2v) is 5.34. The van der Waals surface area contributed by atoms with Gasteiger partial charge in [0.2, 0.25) is 0 Å². The van der Waals surface area contributed by atoms with Crippen LogP contribution in [-0.4, -0.2) is 42.7 Å². The molecule has 0 saturated carbocycles. The van der Waals surface area contributed by atoms with E-state index >= 15 is 0 Å². The molecule has 1 atom stereocenters. The monoisotopic (exact) mass is 337 g/mol. The Morgan fingerprint density at radius 1 is 1.26 bits per heavy atom. The van der Waals surface area contributed by atoms with Gasteiger partial charge in [0.25, 0.3) is 0 Å². The quantitative estimate of drug-likeness (QED) is 0.910. The first-order chi connectivity index (χ1) is 10.8. The zero-order valence-electron chi connectivity index (χ0n) is 12.8. The molecule has 2 aromatic rings. The predicted octanol–water partition coefficient (Wildman–Crippen LogP) is 2.67. The van der Waals surface area contributed by atoms with Crippen LogP contribution in [0.3, 0.4) is 0 Å². The highest BCUT2D eigenvalue weighted by atomic mass is 35.5. The van der Waals surface area contributed by atoms with Gasteiger partial charge in [0, 0.05) is 44.6 Å². The van der Waals surface area contributed by atoms with Gasteiger partial charge >= 0.3 is 0 Å². The Morgan fingerprint density at radius 2 is 2.09 bits per heavy atom. The molecule has 0 amide bonds. The summed E-state index contributed by atoms with van der Waals surface area (Å²) in [4.78, 5) is 6.61. The summed E-state index contributed by atoms with van der Waals surface area (Å²) in [5, 5.41) is 3.43. The van der Waals surface area contributed by atoms with Crippen LogP contribution in [0.1, 0.15) is 11.6 Å². The first-order valence-corrected chi connectivity index (χ1v) is 7.56. The van der Waals surface area contributed by atoms with Crippen LogP contribution in [0.5, 0.6) is 5.75 Å². The molecule has 124 valence electrons. The molecule has 1 aromatic carbocycles. The highest BCUT2D eigenvalue weighted by Crippen LogP contribution is 2.21. The summed E-state index contributed by atoms with van der Waals surface area (Å²) in [6.07, 6.45) is 3.72. The summed E-state index contributed by atoms with van der Waals surface area (Å²) in [5.41, 5.74) is 1.22. The van der Waals surface area contributed by atoms with Crippen LogP contribution < -0.4 is 10.1 Å². The van der Waals surface area contributed by atoms with Crippen molar-refractivity contribution in [2.75, 3.05) is 32.8 Å².